The summed E-state index contributed by atoms with van der Waals surface area (Å²) in [5.74, 6) is 0.823. The van der Waals surface area contributed by atoms with Gasteiger partial charge in [-0.1, -0.05) is 27.5 Å². The van der Waals surface area contributed by atoms with Crippen molar-refractivity contribution in [3.05, 3.63) is 90.8 Å². The maximum atomic E-state index is 13.0. The molecule has 1 aliphatic carbocycles. The van der Waals surface area contributed by atoms with Crippen LogP contribution in [0.15, 0.2) is 57.9 Å². The van der Waals surface area contributed by atoms with Gasteiger partial charge in [-0.05, 0) is 88.0 Å². The van der Waals surface area contributed by atoms with Gasteiger partial charge in [0.15, 0.2) is 12.4 Å². The van der Waals surface area contributed by atoms with Crippen molar-refractivity contribution in [2.24, 2.45) is 13.0 Å². The van der Waals surface area contributed by atoms with Crippen LogP contribution in [0, 0.1) is 5.92 Å². The molecule has 0 unspecified atom stereocenters. The van der Waals surface area contributed by atoms with E-state index in [2.05, 4.69) is 44.0 Å². The number of nitrogens with zero attached hydrogens (tertiary/aromatic N) is 3. The van der Waals surface area contributed by atoms with Crippen LogP contribution in [-0.4, -0.2) is 28.9 Å². The van der Waals surface area contributed by atoms with Crippen molar-refractivity contribution in [1.29, 1.82) is 0 Å². The summed E-state index contributed by atoms with van der Waals surface area (Å²) in [6.07, 6.45) is 10.2. The second-order valence-corrected chi connectivity index (χ2v) is 11.6. The van der Waals surface area contributed by atoms with Crippen LogP contribution in [-0.2, 0) is 31.1 Å². The molecule has 176 valence electrons. The minimum Gasteiger partial charge on any atom is -0.342 e. The van der Waals surface area contributed by atoms with Gasteiger partial charge in [0.2, 0.25) is 5.91 Å². The molecule has 1 amide bonds. The first kappa shape index (κ1) is 24.0. The van der Waals surface area contributed by atoms with Crippen LogP contribution < -0.4 is 4.57 Å². The first-order valence-corrected chi connectivity index (χ1v) is 13.7. The number of carbonyl (C=O) groups is 1. The Bertz CT molecular complexity index is 1220. The summed E-state index contributed by atoms with van der Waals surface area (Å²) >= 11 is 13.9. The second-order valence-electron chi connectivity index (χ2n) is 9.40. The van der Waals surface area contributed by atoms with E-state index in [0.29, 0.717) is 12.3 Å². The van der Waals surface area contributed by atoms with E-state index in [9.17, 15) is 4.79 Å². The number of aryl methyl sites for hydroxylation is 3. The molecule has 0 spiro atoms. The number of carbonyl (C=O) groups excluding carboxylic acids is 1. The number of rotatable bonds is 3. The fraction of sp³-hybridized carbons (Fsp3) is 0.370. The molecular weight excluding hydrogens is 578 g/mol. The smallest absolute Gasteiger partial charge is 0.226 e. The van der Waals surface area contributed by atoms with Gasteiger partial charge < -0.3 is 4.90 Å². The van der Waals surface area contributed by atoms with Gasteiger partial charge in [0.1, 0.15) is 7.05 Å². The second kappa shape index (κ2) is 10.1. The number of likely N-dealkylation sites (tertiary alicyclic amines) is 1. The lowest BCUT2D eigenvalue weighted by atomic mass is 9.76. The Hall–Kier alpha value is -1.76. The molecule has 1 atom stereocenters. The maximum Gasteiger partial charge on any atom is 0.226 e. The zero-order valence-corrected chi connectivity index (χ0v) is 23.0. The first-order valence-electron chi connectivity index (χ1n) is 11.7. The Morgan fingerprint density at radius 2 is 1.82 bits per heavy atom. The van der Waals surface area contributed by atoms with Crippen LogP contribution in [0.25, 0.3) is 0 Å². The standard InChI is InChI=1S/C27H27Br2ClN3O/c1-32-8-4-17(5-9-32)12-24(34)33-10-6-18(7-11-33)26-25-19(14-22(30)15-23(25)29)2-3-20-13-21(28)16-31-27(20)26/h4-5,8-9,13-16,18,26H,2-3,6-7,10-12H2,1H3/q+1/t26-/m1/s1. The number of hydrogen-bond acceptors (Lipinski definition) is 2. The molecule has 3 aromatic rings. The third kappa shape index (κ3) is 4.95. The molecule has 0 bridgehead atoms. The number of piperidine rings is 1. The van der Waals surface area contributed by atoms with Crippen LogP contribution in [0.2, 0.25) is 5.02 Å². The minimum atomic E-state index is 0.193. The quantitative estimate of drug-likeness (QED) is 0.355. The summed E-state index contributed by atoms with van der Waals surface area (Å²) in [5.41, 5.74) is 6.16. The lowest BCUT2D eigenvalue weighted by molar-refractivity contribution is -0.671. The zero-order valence-electron chi connectivity index (χ0n) is 19.1. The zero-order chi connectivity index (χ0) is 23.8. The molecule has 1 saturated heterocycles. The number of halogens is 3. The molecule has 3 heterocycles. The first-order chi connectivity index (χ1) is 16.4. The molecule has 34 heavy (non-hydrogen) atoms. The van der Waals surface area contributed by atoms with E-state index in [1.165, 1.54) is 22.4 Å². The van der Waals surface area contributed by atoms with Gasteiger partial charge >= 0.3 is 0 Å². The minimum absolute atomic E-state index is 0.193. The highest BCUT2D eigenvalue weighted by Gasteiger charge is 2.36. The van der Waals surface area contributed by atoms with Crippen molar-refractivity contribution < 1.29 is 9.36 Å². The fourth-order valence-electron chi connectivity index (χ4n) is 5.45. The summed E-state index contributed by atoms with van der Waals surface area (Å²) in [5, 5.41) is 0.763. The highest BCUT2D eigenvalue weighted by atomic mass is 79.9. The van der Waals surface area contributed by atoms with Crippen molar-refractivity contribution >= 4 is 49.4 Å². The Morgan fingerprint density at radius 1 is 1.12 bits per heavy atom. The number of hydrogen-bond donors (Lipinski definition) is 0. The molecule has 0 saturated carbocycles. The van der Waals surface area contributed by atoms with Gasteiger partial charge in [-0.3, -0.25) is 9.78 Å². The van der Waals surface area contributed by atoms with Crippen LogP contribution in [0.5, 0.6) is 0 Å². The topological polar surface area (TPSA) is 37.1 Å². The predicted molar refractivity (Wildman–Crippen MR) is 141 cm³/mol. The lowest BCUT2D eigenvalue weighted by Crippen LogP contribution is -2.41. The Morgan fingerprint density at radius 3 is 2.56 bits per heavy atom. The largest absolute Gasteiger partial charge is 0.342 e. The van der Waals surface area contributed by atoms with Crippen molar-refractivity contribution in [2.45, 2.75) is 38.0 Å². The van der Waals surface area contributed by atoms with Crippen LogP contribution in [0.4, 0.5) is 0 Å². The summed E-state index contributed by atoms with van der Waals surface area (Å²) in [6, 6.07) is 10.4. The SMILES string of the molecule is C[n+]1ccc(CC(=O)N2CCC([C@H]3c4ncc(Br)cc4CCc4cc(Cl)cc(Br)c43)CC2)cc1. The number of pyridine rings is 2. The van der Waals surface area contributed by atoms with Crippen molar-refractivity contribution in [2.75, 3.05) is 13.1 Å². The van der Waals surface area contributed by atoms with Crippen LogP contribution >= 0.6 is 43.5 Å². The highest BCUT2D eigenvalue weighted by molar-refractivity contribution is 9.10. The van der Waals surface area contributed by atoms with E-state index in [4.69, 9.17) is 16.6 Å². The molecule has 2 aliphatic rings. The van der Waals surface area contributed by atoms with Crippen LogP contribution in [0.3, 0.4) is 0 Å². The molecular formula is C27H27Br2ClN3O+. The molecule has 4 nitrogen and oxygen atoms in total. The average molecular weight is 605 g/mol. The van der Waals surface area contributed by atoms with Crippen LogP contribution in [0.1, 0.15) is 46.7 Å². The molecule has 0 N–H and O–H groups in total. The molecule has 1 aliphatic heterocycles. The highest BCUT2D eigenvalue weighted by Crippen LogP contribution is 2.46. The van der Waals surface area contributed by atoms with E-state index in [1.807, 2.05) is 53.3 Å². The van der Waals surface area contributed by atoms with E-state index in [1.54, 1.807) is 0 Å². The summed E-state index contributed by atoms with van der Waals surface area (Å²) in [4.78, 5) is 20.0. The van der Waals surface area contributed by atoms with E-state index in [-0.39, 0.29) is 11.8 Å². The Balaban J connectivity index is 1.40. The summed E-state index contributed by atoms with van der Waals surface area (Å²) in [7, 11) is 1.99. The van der Waals surface area contributed by atoms with Gasteiger partial charge in [0.05, 0.1) is 12.1 Å². The van der Waals surface area contributed by atoms with Crippen molar-refractivity contribution in [3.63, 3.8) is 0 Å². The number of aromatic nitrogens is 2. The van der Waals surface area contributed by atoms with Gasteiger partial charge in [0, 0.05) is 51.3 Å². The average Bonchev–Trinajstić information content (AvgIpc) is 2.97. The van der Waals surface area contributed by atoms with Gasteiger partial charge in [-0.2, -0.15) is 0 Å². The van der Waals surface area contributed by atoms with Gasteiger partial charge in [0.25, 0.3) is 0 Å². The number of amides is 1. The normalized spacial score (nSPS) is 18.2. The summed E-state index contributed by atoms with van der Waals surface area (Å²) in [6.45, 7) is 1.57. The predicted octanol–water partition coefficient (Wildman–Crippen LogP) is 5.80. The fourth-order valence-corrected chi connectivity index (χ4v) is 6.95. The molecule has 7 heteroatoms. The monoisotopic (exact) mass is 602 g/mol. The molecule has 0 radical (unpaired) electrons. The Labute approximate surface area is 222 Å². The molecule has 1 fully saturated rings. The third-order valence-electron chi connectivity index (χ3n) is 7.18. The summed E-state index contributed by atoms with van der Waals surface area (Å²) < 4.78 is 4.07. The Kier molecular flexibility index (Phi) is 7.10. The van der Waals surface area contributed by atoms with Crippen molar-refractivity contribution in [1.82, 2.24) is 9.88 Å². The molecule has 1 aromatic carbocycles. The van der Waals surface area contributed by atoms with Gasteiger partial charge in [-0.15, -0.1) is 0 Å². The molecule has 2 aromatic heterocycles. The van der Waals surface area contributed by atoms with E-state index in [0.717, 1.165) is 58.3 Å². The van der Waals surface area contributed by atoms with E-state index < -0.39 is 0 Å². The van der Waals surface area contributed by atoms with Gasteiger partial charge in [-0.25, -0.2) is 4.57 Å². The van der Waals surface area contributed by atoms with Crippen molar-refractivity contribution in [3.8, 4) is 0 Å². The third-order valence-corrected chi connectivity index (χ3v) is 8.49. The van der Waals surface area contributed by atoms with E-state index >= 15 is 0 Å². The number of benzene rings is 1. The maximum absolute atomic E-state index is 13.0. The molecule has 5 rings (SSSR count). The number of fused-ring (bicyclic) bond motifs is 2. The lowest BCUT2D eigenvalue weighted by Gasteiger charge is -2.37.